The van der Waals surface area contributed by atoms with Crippen molar-refractivity contribution in [2.24, 2.45) is 0 Å². The van der Waals surface area contributed by atoms with Gasteiger partial charge in [0.2, 0.25) is 0 Å². The molecule has 2 aliphatic heterocycles. The van der Waals surface area contributed by atoms with E-state index in [9.17, 15) is 4.79 Å². The van der Waals surface area contributed by atoms with Crippen molar-refractivity contribution in [3.8, 4) is 0 Å². The standard InChI is InChI=1S/C30H43N3O5/c1-35-20-24-19-31-33(28-12-6-7-18-37-28)29(24)26-11-8-17-32(30(34)36-2)27(26)21-38-25-15-13-23(14-16-25)22-9-4-3-5-10-22/h3-5,9-10,19,23,25-28H,6-8,11-18,20-21H2,1-2H3/t23?,25?,26?,27-,28?/m0/s1. The number of aromatic nitrogens is 2. The fraction of sp³-hybridized carbons (Fsp3) is 0.667. The minimum atomic E-state index is -0.288. The molecule has 3 fully saturated rings. The first-order valence-electron chi connectivity index (χ1n) is 14.4. The lowest BCUT2D eigenvalue weighted by molar-refractivity contribution is -0.0469. The van der Waals surface area contributed by atoms with Gasteiger partial charge in [-0.1, -0.05) is 30.3 Å². The molecule has 2 unspecified atom stereocenters. The second-order valence-corrected chi connectivity index (χ2v) is 11.0. The Kier molecular flexibility index (Phi) is 9.35. The van der Waals surface area contributed by atoms with Gasteiger partial charge in [0.1, 0.15) is 6.23 Å². The van der Waals surface area contributed by atoms with Gasteiger partial charge in [-0.05, 0) is 69.3 Å². The van der Waals surface area contributed by atoms with E-state index >= 15 is 0 Å². The van der Waals surface area contributed by atoms with Crippen LogP contribution in [0.15, 0.2) is 36.5 Å². The second kappa shape index (κ2) is 13.1. The van der Waals surface area contributed by atoms with Crippen LogP contribution in [0.2, 0.25) is 0 Å². The molecule has 38 heavy (non-hydrogen) atoms. The first-order chi connectivity index (χ1) is 18.7. The molecule has 208 valence electrons. The minimum Gasteiger partial charge on any atom is -0.453 e. The summed E-state index contributed by atoms with van der Waals surface area (Å²) in [6.45, 7) is 2.39. The molecule has 0 bridgehead atoms. The Morgan fingerprint density at radius 3 is 2.55 bits per heavy atom. The molecule has 8 heteroatoms. The lowest BCUT2D eigenvalue weighted by atomic mass is 9.82. The normalized spacial score (nSPS) is 28.3. The van der Waals surface area contributed by atoms with E-state index in [0.29, 0.717) is 25.7 Å². The van der Waals surface area contributed by atoms with Crippen LogP contribution >= 0.6 is 0 Å². The highest BCUT2D eigenvalue weighted by Crippen LogP contribution is 2.39. The number of hydrogen-bond acceptors (Lipinski definition) is 6. The van der Waals surface area contributed by atoms with Gasteiger partial charge in [0.05, 0.1) is 44.4 Å². The highest BCUT2D eigenvalue weighted by molar-refractivity contribution is 5.68. The van der Waals surface area contributed by atoms with Gasteiger partial charge < -0.3 is 23.8 Å². The van der Waals surface area contributed by atoms with E-state index in [4.69, 9.17) is 24.0 Å². The molecular formula is C30H43N3O5. The van der Waals surface area contributed by atoms with Crippen molar-refractivity contribution >= 4 is 6.09 Å². The first-order valence-corrected chi connectivity index (χ1v) is 14.4. The minimum absolute atomic E-state index is 0.0710. The predicted octanol–water partition coefficient (Wildman–Crippen LogP) is 5.79. The Morgan fingerprint density at radius 2 is 1.84 bits per heavy atom. The SMILES string of the molecule is COCc1cnn(C2CCCCO2)c1C1CCCN(C(=O)OC)[C@H]1COC1CCC(c2ccccc2)CC1. The molecule has 3 aliphatic rings. The quantitative estimate of drug-likeness (QED) is 0.435. The van der Waals surface area contributed by atoms with Crippen molar-refractivity contribution in [1.29, 1.82) is 0 Å². The molecule has 8 nitrogen and oxygen atoms in total. The Balaban J connectivity index is 1.34. The van der Waals surface area contributed by atoms with Crippen LogP contribution in [0.1, 0.15) is 92.7 Å². The Bertz CT molecular complexity index is 1010. The summed E-state index contributed by atoms with van der Waals surface area (Å²) in [4.78, 5) is 14.8. The van der Waals surface area contributed by atoms with Crippen LogP contribution in [-0.2, 0) is 25.6 Å². The largest absolute Gasteiger partial charge is 0.453 e. The van der Waals surface area contributed by atoms with E-state index in [-0.39, 0.29) is 30.4 Å². The number of nitrogens with zero attached hydrogens (tertiary/aromatic N) is 3. The molecule has 1 amide bonds. The van der Waals surface area contributed by atoms with Crippen molar-refractivity contribution in [2.75, 3.05) is 34.0 Å². The van der Waals surface area contributed by atoms with Crippen molar-refractivity contribution < 1.29 is 23.7 Å². The van der Waals surface area contributed by atoms with Crippen LogP contribution in [0.25, 0.3) is 0 Å². The van der Waals surface area contributed by atoms with Crippen LogP contribution in [0.3, 0.4) is 0 Å². The zero-order chi connectivity index (χ0) is 26.3. The molecular weight excluding hydrogens is 482 g/mol. The number of methoxy groups -OCH3 is 2. The number of ether oxygens (including phenoxy) is 4. The van der Waals surface area contributed by atoms with Gasteiger partial charge in [-0.3, -0.25) is 0 Å². The number of carbonyl (C=O) groups is 1. The summed E-state index contributed by atoms with van der Waals surface area (Å²) in [5.41, 5.74) is 3.61. The molecule has 0 N–H and O–H groups in total. The summed E-state index contributed by atoms with van der Waals surface area (Å²) in [6, 6.07) is 10.7. The second-order valence-electron chi connectivity index (χ2n) is 11.0. The molecule has 2 aromatic rings. The number of piperidine rings is 1. The molecule has 2 saturated heterocycles. The highest BCUT2D eigenvalue weighted by atomic mass is 16.5. The molecule has 1 saturated carbocycles. The summed E-state index contributed by atoms with van der Waals surface area (Å²) < 4.78 is 25.6. The van der Waals surface area contributed by atoms with Crippen molar-refractivity contribution in [3.05, 3.63) is 53.3 Å². The van der Waals surface area contributed by atoms with E-state index in [0.717, 1.165) is 75.7 Å². The number of rotatable bonds is 8. The van der Waals surface area contributed by atoms with Crippen LogP contribution in [0.4, 0.5) is 4.79 Å². The van der Waals surface area contributed by atoms with Crippen molar-refractivity contribution in [1.82, 2.24) is 14.7 Å². The average Bonchev–Trinajstić information content (AvgIpc) is 3.40. The van der Waals surface area contributed by atoms with Gasteiger partial charge in [-0.15, -0.1) is 0 Å². The zero-order valence-electron chi connectivity index (χ0n) is 22.9. The topological polar surface area (TPSA) is 75.1 Å². The molecule has 0 spiro atoms. The number of hydrogen-bond donors (Lipinski definition) is 0. The third kappa shape index (κ3) is 6.08. The van der Waals surface area contributed by atoms with Gasteiger partial charge in [0, 0.05) is 31.7 Å². The van der Waals surface area contributed by atoms with Crippen molar-refractivity contribution in [2.45, 2.75) is 94.6 Å². The smallest absolute Gasteiger partial charge is 0.409 e. The predicted molar refractivity (Wildman–Crippen MR) is 144 cm³/mol. The van der Waals surface area contributed by atoms with E-state index in [1.807, 2.05) is 11.1 Å². The number of carbonyl (C=O) groups excluding carboxylic acids is 1. The summed E-state index contributed by atoms with van der Waals surface area (Å²) in [7, 11) is 3.18. The fourth-order valence-corrected chi connectivity index (χ4v) is 6.68. The van der Waals surface area contributed by atoms with E-state index < -0.39 is 0 Å². The van der Waals surface area contributed by atoms with Gasteiger partial charge in [-0.25, -0.2) is 9.48 Å². The molecule has 3 atom stereocenters. The third-order valence-corrected chi connectivity index (χ3v) is 8.63. The Morgan fingerprint density at radius 1 is 1.03 bits per heavy atom. The molecule has 5 rings (SSSR count). The van der Waals surface area contributed by atoms with Crippen LogP contribution < -0.4 is 0 Å². The molecule has 1 aromatic heterocycles. The third-order valence-electron chi connectivity index (χ3n) is 8.63. The van der Waals surface area contributed by atoms with Gasteiger partial charge in [0.15, 0.2) is 0 Å². The molecule has 0 radical (unpaired) electrons. The van der Waals surface area contributed by atoms with E-state index in [1.54, 1.807) is 7.11 Å². The summed E-state index contributed by atoms with van der Waals surface area (Å²) in [5, 5.41) is 4.78. The first kappa shape index (κ1) is 27.2. The van der Waals surface area contributed by atoms with Crippen LogP contribution in [0.5, 0.6) is 0 Å². The maximum atomic E-state index is 12.9. The summed E-state index contributed by atoms with van der Waals surface area (Å²) >= 11 is 0. The molecule has 3 heterocycles. The lowest BCUT2D eigenvalue weighted by Crippen LogP contribution is -2.51. The number of amides is 1. The van der Waals surface area contributed by atoms with Gasteiger partial charge in [-0.2, -0.15) is 5.10 Å². The van der Waals surface area contributed by atoms with Crippen LogP contribution in [-0.4, -0.2) is 66.9 Å². The van der Waals surface area contributed by atoms with E-state index in [1.165, 1.54) is 12.7 Å². The number of likely N-dealkylation sites (tertiary alicyclic amines) is 1. The maximum absolute atomic E-state index is 12.9. The van der Waals surface area contributed by atoms with Crippen molar-refractivity contribution in [3.63, 3.8) is 0 Å². The molecule has 1 aromatic carbocycles. The van der Waals surface area contributed by atoms with Crippen LogP contribution in [0, 0.1) is 0 Å². The fourth-order valence-electron chi connectivity index (χ4n) is 6.68. The Labute approximate surface area is 226 Å². The summed E-state index contributed by atoms with van der Waals surface area (Å²) in [6.07, 6.45) is 11.1. The lowest BCUT2D eigenvalue weighted by Gasteiger charge is -2.42. The van der Waals surface area contributed by atoms with E-state index in [2.05, 4.69) is 35.0 Å². The maximum Gasteiger partial charge on any atom is 0.409 e. The van der Waals surface area contributed by atoms with Gasteiger partial charge in [0.25, 0.3) is 0 Å². The average molecular weight is 526 g/mol. The van der Waals surface area contributed by atoms with Gasteiger partial charge >= 0.3 is 6.09 Å². The summed E-state index contributed by atoms with van der Waals surface area (Å²) in [5.74, 6) is 0.674. The molecule has 1 aliphatic carbocycles. The number of benzene rings is 1. The highest BCUT2D eigenvalue weighted by Gasteiger charge is 2.40. The Hall–Kier alpha value is -2.42. The zero-order valence-corrected chi connectivity index (χ0v) is 22.9. The monoisotopic (exact) mass is 525 g/mol.